The second-order valence-electron chi connectivity index (χ2n) is 5.26. The standard InChI is InChI=1S/C16H19ClFN3/c1-20(2)8-9-21(3)16-7-5-13(11-19-16)12-4-6-15(18)14(17)10-12/h4-7,10-11H,8-9H2,1-3H3. The van der Waals surface area contributed by atoms with Gasteiger partial charge in [0.15, 0.2) is 0 Å². The Morgan fingerprint density at radius 2 is 1.76 bits per heavy atom. The molecule has 0 radical (unpaired) electrons. The van der Waals surface area contributed by atoms with E-state index in [-0.39, 0.29) is 5.02 Å². The lowest BCUT2D eigenvalue weighted by atomic mass is 10.1. The summed E-state index contributed by atoms with van der Waals surface area (Å²) < 4.78 is 13.2. The Balaban J connectivity index is 2.12. The molecule has 0 N–H and O–H groups in total. The highest BCUT2D eigenvalue weighted by Crippen LogP contribution is 2.25. The molecule has 0 fully saturated rings. The predicted octanol–water partition coefficient (Wildman–Crippen LogP) is 3.54. The molecule has 5 heteroatoms. The first-order valence-electron chi connectivity index (χ1n) is 6.74. The Morgan fingerprint density at radius 3 is 2.33 bits per heavy atom. The van der Waals surface area contributed by atoms with Crippen LogP contribution in [0, 0.1) is 5.82 Å². The lowest BCUT2D eigenvalue weighted by Crippen LogP contribution is -2.28. The summed E-state index contributed by atoms with van der Waals surface area (Å²) in [4.78, 5) is 8.68. The Labute approximate surface area is 130 Å². The summed E-state index contributed by atoms with van der Waals surface area (Å²) >= 11 is 5.81. The fourth-order valence-electron chi connectivity index (χ4n) is 1.92. The van der Waals surface area contributed by atoms with E-state index in [2.05, 4.69) is 14.8 Å². The predicted molar refractivity (Wildman–Crippen MR) is 86.5 cm³/mol. The third-order valence-corrected chi connectivity index (χ3v) is 3.56. The fourth-order valence-corrected chi connectivity index (χ4v) is 2.10. The number of hydrogen-bond acceptors (Lipinski definition) is 3. The maximum Gasteiger partial charge on any atom is 0.141 e. The first kappa shape index (κ1) is 15.7. The van der Waals surface area contributed by atoms with E-state index in [0.29, 0.717) is 0 Å². The van der Waals surface area contributed by atoms with Crippen LogP contribution in [0.3, 0.4) is 0 Å². The van der Waals surface area contributed by atoms with E-state index in [0.717, 1.165) is 30.0 Å². The van der Waals surface area contributed by atoms with Gasteiger partial charge in [0.25, 0.3) is 0 Å². The number of rotatable bonds is 5. The van der Waals surface area contributed by atoms with Gasteiger partial charge in [-0.05, 0) is 43.9 Å². The molecular weight excluding hydrogens is 289 g/mol. The van der Waals surface area contributed by atoms with Gasteiger partial charge in [-0.25, -0.2) is 9.37 Å². The molecule has 0 aliphatic carbocycles. The first-order chi connectivity index (χ1) is 9.97. The minimum Gasteiger partial charge on any atom is -0.358 e. The van der Waals surface area contributed by atoms with Gasteiger partial charge in [0.2, 0.25) is 0 Å². The summed E-state index contributed by atoms with van der Waals surface area (Å²) in [6.45, 7) is 1.87. The molecule has 1 heterocycles. The topological polar surface area (TPSA) is 19.4 Å². The van der Waals surface area contributed by atoms with Crippen LogP contribution in [-0.4, -0.2) is 44.1 Å². The lowest BCUT2D eigenvalue weighted by Gasteiger charge is -2.20. The molecule has 1 aromatic heterocycles. The lowest BCUT2D eigenvalue weighted by molar-refractivity contribution is 0.416. The van der Waals surface area contributed by atoms with Gasteiger partial charge in [-0.3, -0.25) is 0 Å². The Bertz CT molecular complexity index is 599. The minimum atomic E-state index is -0.409. The average Bonchev–Trinajstić information content (AvgIpc) is 2.48. The minimum absolute atomic E-state index is 0.125. The first-order valence-corrected chi connectivity index (χ1v) is 7.12. The van der Waals surface area contributed by atoms with Crippen LogP contribution in [0.1, 0.15) is 0 Å². The van der Waals surface area contributed by atoms with Crippen molar-refractivity contribution in [2.45, 2.75) is 0 Å². The molecule has 0 spiro atoms. The van der Waals surface area contributed by atoms with Gasteiger partial charge in [-0.2, -0.15) is 0 Å². The fraction of sp³-hybridized carbons (Fsp3) is 0.312. The maximum absolute atomic E-state index is 13.2. The van der Waals surface area contributed by atoms with Crippen LogP contribution in [0.5, 0.6) is 0 Å². The van der Waals surface area contributed by atoms with Crippen molar-refractivity contribution in [2.75, 3.05) is 39.1 Å². The molecule has 0 atom stereocenters. The number of anilines is 1. The molecule has 3 nitrogen and oxygen atoms in total. The van der Waals surface area contributed by atoms with E-state index in [4.69, 9.17) is 11.6 Å². The normalized spacial score (nSPS) is 11.0. The van der Waals surface area contributed by atoms with Crippen molar-refractivity contribution in [3.05, 3.63) is 47.4 Å². The van der Waals surface area contributed by atoms with E-state index >= 15 is 0 Å². The molecule has 0 aliphatic heterocycles. The number of nitrogens with zero attached hydrogens (tertiary/aromatic N) is 3. The molecule has 0 amide bonds. The van der Waals surface area contributed by atoms with Gasteiger partial charge < -0.3 is 9.80 Å². The van der Waals surface area contributed by atoms with Gasteiger partial charge >= 0.3 is 0 Å². The molecule has 0 unspecified atom stereocenters. The van der Waals surface area contributed by atoms with Crippen molar-refractivity contribution in [3.8, 4) is 11.1 Å². The molecule has 1 aromatic carbocycles. The van der Waals surface area contributed by atoms with Crippen LogP contribution in [0.15, 0.2) is 36.5 Å². The molecule has 2 rings (SSSR count). The van der Waals surface area contributed by atoms with E-state index in [9.17, 15) is 4.39 Å². The van der Waals surface area contributed by atoms with Gasteiger partial charge in [0.1, 0.15) is 11.6 Å². The zero-order valence-corrected chi connectivity index (χ0v) is 13.2. The number of hydrogen-bond donors (Lipinski definition) is 0. The van der Waals surface area contributed by atoms with Crippen molar-refractivity contribution in [2.24, 2.45) is 0 Å². The van der Waals surface area contributed by atoms with E-state index in [1.165, 1.54) is 6.07 Å². The quantitative estimate of drug-likeness (QED) is 0.842. The third kappa shape index (κ3) is 4.16. The summed E-state index contributed by atoms with van der Waals surface area (Å²) in [5.74, 6) is 0.502. The Morgan fingerprint density at radius 1 is 1.05 bits per heavy atom. The zero-order valence-electron chi connectivity index (χ0n) is 12.5. The van der Waals surface area contributed by atoms with Crippen molar-refractivity contribution in [1.29, 1.82) is 0 Å². The average molecular weight is 308 g/mol. The summed E-state index contributed by atoms with van der Waals surface area (Å²) in [6, 6.07) is 8.62. The highest BCUT2D eigenvalue weighted by atomic mass is 35.5. The SMILES string of the molecule is CN(C)CCN(C)c1ccc(-c2ccc(F)c(Cl)c2)cn1. The summed E-state index contributed by atoms with van der Waals surface area (Å²) in [5, 5.41) is 0.125. The van der Waals surface area contributed by atoms with Crippen molar-refractivity contribution in [1.82, 2.24) is 9.88 Å². The molecule has 2 aromatic rings. The number of likely N-dealkylation sites (N-methyl/N-ethyl adjacent to an activating group) is 2. The van der Waals surface area contributed by atoms with Crippen molar-refractivity contribution in [3.63, 3.8) is 0 Å². The molecular formula is C16H19ClFN3. The van der Waals surface area contributed by atoms with Gasteiger partial charge in [0.05, 0.1) is 5.02 Å². The summed E-state index contributed by atoms with van der Waals surface area (Å²) in [5.41, 5.74) is 1.78. The monoisotopic (exact) mass is 307 g/mol. The largest absolute Gasteiger partial charge is 0.358 e. The Hall–Kier alpha value is -1.65. The molecule has 0 saturated heterocycles. The van der Waals surface area contributed by atoms with Crippen LogP contribution >= 0.6 is 11.6 Å². The molecule has 21 heavy (non-hydrogen) atoms. The van der Waals surface area contributed by atoms with Gasteiger partial charge in [-0.1, -0.05) is 17.7 Å². The maximum atomic E-state index is 13.2. The highest BCUT2D eigenvalue weighted by Gasteiger charge is 2.06. The molecule has 112 valence electrons. The smallest absolute Gasteiger partial charge is 0.141 e. The molecule has 0 bridgehead atoms. The van der Waals surface area contributed by atoms with E-state index < -0.39 is 5.82 Å². The van der Waals surface area contributed by atoms with Crippen LogP contribution < -0.4 is 4.90 Å². The summed E-state index contributed by atoms with van der Waals surface area (Å²) in [6.07, 6.45) is 1.78. The van der Waals surface area contributed by atoms with Crippen LogP contribution in [0.4, 0.5) is 10.2 Å². The number of aromatic nitrogens is 1. The van der Waals surface area contributed by atoms with Gasteiger partial charge in [0, 0.05) is 31.9 Å². The highest BCUT2D eigenvalue weighted by molar-refractivity contribution is 6.31. The van der Waals surface area contributed by atoms with Crippen molar-refractivity contribution >= 4 is 17.4 Å². The van der Waals surface area contributed by atoms with Crippen LogP contribution in [0.2, 0.25) is 5.02 Å². The van der Waals surface area contributed by atoms with E-state index in [1.54, 1.807) is 18.3 Å². The second kappa shape index (κ2) is 6.87. The van der Waals surface area contributed by atoms with Crippen molar-refractivity contribution < 1.29 is 4.39 Å². The zero-order chi connectivity index (χ0) is 15.4. The molecule has 0 aliphatic rings. The number of halogens is 2. The summed E-state index contributed by atoms with van der Waals surface area (Å²) in [7, 11) is 6.10. The number of benzene rings is 1. The van der Waals surface area contributed by atoms with E-state index in [1.807, 2.05) is 33.3 Å². The third-order valence-electron chi connectivity index (χ3n) is 3.27. The molecule has 0 saturated carbocycles. The second-order valence-corrected chi connectivity index (χ2v) is 5.67. The van der Waals surface area contributed by atoms with Gasteiger partial charge in [-0.15, -0.1) is 0 Å². The van der Waals surface area contributed by atoms with Crippen LogP contribution in [-0.2, 0) is 0 Å². The Kier molecular flexibility index (Phi) is 5.15. The van der Waals surface area contributed by atoms with Crippen LogP contribution in [0.25, 0.3) is 11.1 Å². The number of pyridine rings is 1.